The van der Waals surface area contributed by atoms with E-state index in [1.165, 1.54) is 6.07 Å². The van der Waals surface area contributed by atoms with Crippen LogP contribution in [0.4, 0.5) is 0 Å². The van der Waals surface area contributed by atoms with Gasteiger partial charge in [-0.05, 0) is 44.0 Å². The Bertz CT molecular complexity index is 1310. The van der Waals surface area contributed by atoms with E-state index in [1.807, 2.05) is 68.8 Å². The zero-order chi connectivity index (χ0) is 20.7. The van der Waals surface area contributed by atoms with E-state index in [0.717, 1.165) is 39.5 Å². The molecule has 2 aromatic carbocycles. The number of nitrogens with zero attached hydrogens (tertiary/aromatic N) is 1. The highest BCUT2D eigenvalue weighted by Gasteiger charge is 2.19. The number of benzene rings is 2. The number of hydrogen-bond donors (Lipinski definition) is 0. The maximum atomic E-state index is 13.0. The molecule has 0 saturated carbocycles. The minimum Gasteiger partial charge on any atom is -0.485 e. The summed E-state index contributed by atoms with van der Waals surface area (Å²) in [4.78, 5) is 24.9. The topological polar surface area (TPSA) is 61.4 Å². The first-order chi connectivity index (χ1) is 13.9. The van der Waals surface area contributed by atoms with Gasteiger partial charge in [-0.1, -0.05) is 25.1 Å². The first kappa shape index (κ1) is 19.0. The van der Waals surface area contributed by atoms with Crippen LogP contribution in [0.2, 0.25) is 0 Å². The van der Waals surface area contributed by atoms with Crippen LogP contribution >= 0.6 is 0 Å². The predicted octanol–water partition coefficient (Wildman–Crippen LogP) is 4.73. The molecule has 0 aliphatic heterocycles. The Morgan fingerprint density at radius 2 is 1.86 bits per heavy atom. The summed E-state index contributed by atoms with van der Waals surface area (Å²) in [6.45, 7) is 5.70. The molecule has 5 nitrogen and oxygen atoms in total. The molecule has 0 aliphatic rings. The molecular weight excluding hydrogens is 366 g/mol. The predicted molar refractivity (Wildman–Crippen MR) is 114 cm³/mol. The van der Waals surface area contributed by atoms with E-state index >= 15 is 0 Å². The maximum absolute atomic E-state index is 13.0. The molecule has 0 atom stereocenters. The zero-order valence-corrected chi connectivity index (χ0v) is 17.0. The number of Topliss-reactive ketones (excluding diaryl/α,β-unsaturated/α-hetero) is 1. The van der Waals surface area contributed by atoms with E-state index in [9.17, 15) is 9.59 Å². The monoisotopic (exact) mass is 389 g/mol. The van der Waals surface area contributed by atoms with Gasteiger partial charge in [0.1, 0.15) is 11.3 Å². The summed E-state index contributed by atoms with van der Waals surface area (Å²) < 4.78 is 13.3. The Morgan fingerprint density at radius 1 is 1.10 bits per heavy atom. The van der Waals surface area contributed by atoms with E-state index in [-0.39, 0.29) is 18.0 Å². The lowest BCUT2D eigenvalue weighted by Gasteiger charge is -2.12. The summed E-state index contributed by atoms with van der Waals surface area (Å²) in [6.07, 6.45) is 0.737. The van der Waals surface area contributed by atoms with Crippen molar-refractivity contribution in [2.45, 2.75) is 27.2 Å². The van der Waals surface area contributed by atoms with Crippen molar-refractivity contribution in [3.63, 3.8) is 0 Å². The third-order valence-electron chi connectivity index (χ3n) is 5.62. The number of carbonyl (C=O) groups is 1. The number of rotatable bonds is 5. The molecule has 4 rings (SSSR count). The van der Waals surface area contributed by atoms with Crippen molar-refractivity contribution in [1.29, 1.82) is 0 Å². The molecule has 0 spiro atoms. The van der Waals surface area contributed by atoms with E-state index in [2.05, 4.69) is 0 Å². The van der Waals surface area contributed by atoms with Crippen LogP contribution in [-0.2, 0) is 13.5 Å². The number of para-hydroxylation sites is 1. The van der Waals surface area contributed by atoms with Gasteiger partial charge >= 0.3 is 5.63 Å². The summed E-state index contributed by atoms with van der Waals surface area (Å²) in [5, 5.41) is 1.82. The van der Waals surface area contributed by atoms with Gasteiger partial charge in [0.2, 0.25) is 5.78 Å². The lowest BCUT2D eigenvalue weighted by atomic mass is 10.0. The molecular formula is C24H23NO4. The lowest BCUT2D eigenvalue weighted by Crippen LogP contribution is -2.13. The molecule has 0 saturated heterocycles. The molecule has 2 heterocycles. The van der Waals surface area contributed by atoms with Gasteiger partial charge in [0.25, 0.3) is 0 Å². The van der Waals surface area contributed by atoms with Crippen molar-refractivity contribution in [2.75, 3.05) is 6.61 Å². The van der Waals surface area contributed by atoms with Gasteiger partial charge in [0, 0.05) is 46.2 Å². The number of aromatic nitrogens is 1. The van der Waals surface area contributed by atoms with E-state index in [4.69, 9.17) is 9.15 Å². The van der Waals surface area contributed by atoms with Crippen LogP contribution in [0.15, 0.2) is 51.7 Å². The van der Waals surface area contributed by atoms with E-state index < -0.39 is 0 Å². The Hall–Kier alpha value is -3.34. The van der Waals surface area contributed by atoms with Crippen LogP contribution in [-0.4, -0.2) is 17.0 Å². The Morgan fingerprint density at radius 3 is 2.62 bits per heavy atom. The molecule has 0 radical (unpaired) electrons. The molecule has 0 aliphatic carbocycles. The highest BCUT2D eigenvalue weighted by molar-refractivity contribution is 6.10. The third kappa shape index (κ3) is 3.12. The average Bonchev–Trinajstić information content (AvgIpc) is 2.98. The Balaban J connectivity index is 1.67. The second-order valence-corrected chi connectivity index (χ2v) is 7.26. The first-order valence-electron chi connectivity index (χ1n) is 9.68. The zero-order valence-electron chi connectivity index (χ0n) is 17.0. The molecule has 0 fully saturated rings. The molecule has 148 valence electrons. The Kier molecular flexibility index (Phi) is 4.74. The van der Waals surface area contributed by atoms with Crippen molar-refractivity contribution < 1.29 is 13.9 Å². The fourth-order valence-electron chi connectivity index (χ4n) is 3.95. The highest BCUT2D eigenvalue weighted by atomic mass is 16.5. The van der Waals surface area contributed by atoms with Gasteiger partial charge in [-0.3, -0.25) is 4.79 Å². The fourth-order valence-corrected chi connectivity index (χ4v) is 3.95. The summed E-state index contributed by atoms with van der Waals surface area (Å²) in [7, 11) is 1.95. The van der Waals surface area contributed by atoms with Crippen molar-refractivity contribution in [2.24, 2.45) is 7.05 Å². The summed E-state index contributed by atoms with van der Waals surface area (Å²) in [6, 6.07) is 13.1. The summed E-state index contributed by atoms with van der Waals surface area (Å²) in [5.74, 6) is 0.461. The number of hydrogen-bond acceptors (Lipinski definition) is 4. The fraction of sp³-hybridized carbons (Fsp3) is 0.250. The van der Waals surface area contributed by atoms with Gasteiger partial charge in [-0.25, -0.2) is 4.79 Å². The Labute approximate surface area is 168 Å². The minimum atomic E-state index is -0.378. The second kappa shape index (κ2) is 7.24. The maximum Gasteiger partial charge on any atom is 0.336 e. The molecule has 0 bridgehead atoms. The molecule has 2 aromatic heterocycles. The minimum absolute atomic E-state index is 0.0810. The first-order valence-corrected chi connectivity index (χ1v) is 9.68. The molecule has 0 N–H and O–H groups in total. The molecule has 29 heavy (non-hydrogen) atoms. The SMILES string of the molecule is CCc1cc(=O)oc2c(C)c(OCC(=O)c3c(C)n(C)c4ccccc34)ccc12. The van der Waals surface area contributed by atoms with E-state index in [0.29, 0.717) is 16.9 Å². The number of ketones is 1. The van der Waals surface area contributed by atoms with Gasteiger partial charge in [0.05, 0.1) is 0 Å². The van der Waals surface area contributed by atoms with Gasteiger partial charge in [0.15, 0.2) is 6.61 Å². The van der Waals surface area contributed by atoms with Crippen LogP contribution in [0.25, 0.3) is 21.9 Å². The smallest absolute Gasteiger partial charge is 0.336 e. The molecule has 0 amide bonds. The molecule has 0 unspecified atom stereocenters. The second-order valence-electron chi connectivity index (χ2n) is 7.26. The van der Waals surface area contributed by atoms with Crippen molar-refractivity contribution in [3.8, 4) is 5.75 Å². The number of carbonyl (C=O) groups excluding carboxylic acids is 1. The number of aryl methyl sites for hydroxylation is 3. The lowest BCUT2D eigenvalue weighted by molar-refractivity contribution is 0.0922. The van der Waals surface area contributed by atoms with Crippen LogP contribution < -0.4 is 10.4 Å². The molecule has 5 heteroatoms. The quantitative estimate of drug-likeness (QED) is 0.366. The van der Waals surface area contributed by atoms with Gasteiger partial charge < -0.3 is 13.7 Å². The number of ether oxygens (including phenoxy) is 1. The van der Waals surface area contributed by atoms with Gasteiger partial charge in [-0.2, -0.15) is 0 Å². The van der Waals surface area contributed by atoms with E-state index in [1.54, 1.807) is 0 Å². The summed E-state index contributed by atoms with van der Waals surface area (Å²) >= 11 is 0. The molecule has 4 aromatic rings. The van der Waals surface area contributed by atoms with Crippen molar-refractivity contribution >= 4 is 27.7 Å². The van der Waals surface area contributed by atoms with Crippen molar-refractivity contribution in [1.82, 2.24) is 4.57 Å². The summed E-state index contributed by atoms with van der Waals surface area (Å²) in [5.41, 5.74) is 4.41. The average molecular weight is 389 g/mol. The van der Waals surface area contributed by atoms with Crippen molar-refractivity contribution in [3.05, 3.63) is 75.3 Å². The van der Waals surface area contributed by atoms with Crippen LogP contribution in [0, 0.1) is 13.8 Å². The third-order valence-corrected chi connectivity index (χ3v) is 5.62. The van der Waals surface area contributed by atoms with Crippen LogP contribution in [0.3, 0.4) is 0 Å². The highest BCUT2D eigenvalue weighted by Crippen LogP contribution is 2.30. The normalized spacial score (nSPS) is 11.3. The number of fused-ring (bicyclic) bond motifs is 2. The van der Waals surface area contributed by atoms with Gasteiger partial charge in [-0.15, -0.1) is 0 Å². The van der Waals surface area contributed by atoms with Crippen LogP contribution in [0.1, 0.15) is 34.1 Å². The van der Waals surface area contributed by atoms with Crippen LogP contribution in [0.5, 0.6) is 5.75 Å². The standard InChI is InChI=1S/C24H23NO4/c1-5-16-12-22(27)29-24-14(2)21(11-10-17(16)24)28-13-20(26)23-15(3)25(4)19-9-7-6-8-18(19)23/h6-12H,5,13H2,1-4H3. The largest absolute Gasteiger partial charge is 0.485 e.